The maximum absolute atomic E-state index is 12.9. The Morgan fingerprint density at radius 3 is 2.54 bits per heavy atom. The highest BCUT2D eigenvalue weighted by atomic mass is 32.2. The quantitative estimate of drug-likeness (QED) is 0.894. The Labute approximate surface area is 143 Å². The molecule has 6 nitrogen and oxygen atoms in total. The summed E-state index contributed by atoms with van der Waals surface area (Å²) in [5.41, 5.74) is 2.58. The second-order valence-electron chi connectivity index (χ2n) is 6.77. The molecule has 1 atom stereocenters. The predicted molar refractivity (Wildman–Crippen MR) is 92.3 cm³/mol. The standard InChI is InChI=1S/C17H25N3O3S/c1-19(16-8-4-6-13-5-2-3-7-15(13)16)17(21)14-9-11-20(12-10-14)24(18,22)23/h2-3,5,7,14,16H,4,6,8-12H2,1H3,(H2,18,22,23). The summed E-state index contributed by atoms with van der Waals surface area (Å²) in [6.45, 7) is 0.647. The molecule has 1 unspecified atom stereocenters. The number of rotatable bonds is 3. The van der Waals surface area contributed by atoms with Crippen LogP contribution in [-0.4, -0.2) is 43.7 Å². The van der Waals surface area contributed by atoms with Crippen molar-refractivity contribution in [2.75, 3.05) is 20.1 Å². The molecule has 1 amide bonds. The highest BCUT2D eigenvalue weighted by Crippen LogP contribution is 2.35. The number of carbonyl (C=O) groups is 1. The van der Waals surface area contributed by atoms with Gasteiger partial charge in [-0.3, -0.25) is 4.79 Å². The average Bonchev–Trinajstić information content (AvgIpc) is 2.59. The first-order valence-corrected chi connectivity index (χ1v) is 10.0. The Morgan fingerprint density at radius 1 is 1.21 bits per heavy atom. The minimum Gasteiger partial charge on any atom is -0.338 e. The van der Waals surface area contributed by atoms with Gasteiger partial charge >= 0.3 is 0 Å². The largest absolute Gasteiger partial charge is 0.338 e. The lowest BCUT2D eigenvalue weighted by atomic mass is 9.86. The maximum atomic E-state index is 12.9. The zero-order chi connectivity index (χ0) is 17.3. The second kappa shape index (κ2) is 6.82. The van der Waals surface area contributed by atoms with E-state index in [-0.39, 0.29) is 17.9 Å². The summed E-state index contributed by atoms with van der Waals surface area (Å²) in [5.74, 6) is -0.00661. The van der Waals surface area contributed by atoms with Crippen LogP contribution in [0.1, 0.15) is 42.9 Å². The van der Waals surface area contributed by atoms with E-state index in [4.69, 9.17) is 5.14 Å². The Balaban J connectivity index is 1.68. The summed E-state index contributed by atoms with van der Waals surface area (Å²) in [7, 11) is -1.77. The summed E-state index contributed by atoms with van der Waals surface area (Å²) < 4.78 is 24.0. The van der Waals surface area contributed by atoms with Crippen LogP contribution < -0.4 is 5.14 Å². The minimum atomic E-state index is -3.65. The molecule has 1 aromatic carbocycles. The third-order valence-corrected chi connectivity index (χ3v) is 6.40. The molecule has 0 aromatic heterocycles. The van der Waals surface area contributed by atoms with E-state index in [1.54, 1.807) is 0 Å². The number of piperidine rings is 1. The lowest BCUT2D eigenvalue weighted by molar-refractivity contribution is -0.138. The number of benzene rings is 1. The fraction of sp³-hybridized carbons (Fsp3) is 0.588. The SMILES string of the molecule is CN(C(=O)C1CCN(S(N)(=O)=O)CC1)C1CCCc2ccccc21. The number of amides is 1. The lowest BCUT2D eigenvalue weighted by Gasteiger charge is -2.37. The molecule has 132 valence electrons. The molecule has 1 aliphatic carbocycles. The number of hydrogen-bond donors (Lipinski definition) is 1. The summed E-state index contributed by atoms with van der Waals surface area (Å²) in [4.78, 5) is 14.8. The van der Waals surface area contributed by atoms with Crippen molar-refractivity contribution in [2.45, 2.75) is 38.1 Å². The van der Waals surface area contributed by atoms with Crippen molar-refractivity contribution in [3.8, 4) is 0 Å². The molecular weight excluding hydrogens is 326 g/mol. The number of nitrogens with two attached hydrogens (primary N) is 1. The van der Waals surface area contributed by atoms with Gasteiger partial charge in [-0.05, 0) is 43.2 Å². The molecular formula is C17H25N3O3S. The fourth-order valence-electron chi connectivity index (χ4n) is 3.93. The van der Waals surface area contributed by atoms with Crippen LogP contribution in [0.4, 0.5) is 0 Å². The maximum Gasteiger partial charge on any atom is 0.276 e. The van der Waals surface area contributed by atoms with Crippen molar-refractivity contribution in [1.29, 1.82) is 0 Å². The fourth-order valence-corrected chi connectivity index (χ4v) is 4.65. The van der Waals surface area contributed by atoms with Gasteiger partial charge in [0.05, 0.1) is 6.04 Å². The Hall–Kier alpha value is -1.44. The molecule has 2 N–H and O–H groups in total. The van der Waals surface area contributed by atoms with Crippen molar-refractivity contribution in [3.05, 3.63) is 35.4 Å². The van der Waals surface area contributed by atoms with Gasteiger partial charge in [0.2, 0.25) is 5.91 Å². The molecule has 24 heavy (non-hydrogen) atoms. The van der Waals surface area contributed by atoms with Crippen LogP contribution in [0.2, 0.25) is 0 Å². The second-order valence-corrected chi connectivity index (χ2v) is 8.32. The van der Waals surface area contributed by atoms with Crippen LogP contribution in [0.15, 0.2) is 24.3 Å². The predicted octanol–water partition coefficient (Wildman–Crippen LogP) is 1.44. The number of hydrogen-bond acceptors (Lipinski definition) is 3. The first-order valence-electron chi connectivity index (χ1n) is 8.50. The van der Waals surface area contributed by atoms with Crippen molar-refractivity contribution >= 4 is 16.1 Å². The van der Waals surface area contributed by atoms with Gasteiger partial charge < -0.3 is 4.90 Å². The average molecular weight is 351 g/mol. The number of carbonyl (C=O) groups excluding carboxylic acids is 1. The molecule has 1 fully saturated rings. The Bertz CT molecular complexity index is 712. The van der Waals surface area contributed by atoms with E-state index in [2.05, 4.69) is 12.1 Å². The normalized spacial score (nSPS) is 22.8. The molecule has 1 aromatic rings. The van der Waals surface area contributed by atoms with Crippen LogP contribution in [0.5, 0.6) is 0 Å². The van der Waals surface area contributed by atoms with E-state index in [1.807, 2.05) is 24.1 Å². The van der Waals surface area contributed by atoms with Gasteiger partial charge in [-0.15, -0.1) is 0 Å². The van der Waals surface area contributed by atoms with Gasteiger partial charge in [-0.2, -0.15) is 12.7 Å². The van der Waals surface area contributed by atoms with E-state index >= 15 is 0 Å². The zero-order valence-electron chi connectivity index (χ0n) is 14.0. The molecule has 2 aliphatic rings. The summed E-state index contributed by atoms with van der Waals surface area (Å²) >= 11 is 0. The smallest absolute Gasteiger partial charge is 0.276 e. The number of aryl methyl sites for hydroxylation is 1. The van der Waals surface area contributed by atoms with Gasteiger partial charge in [-0.25, -0.2) is 5.14 Å². The van der Waals surface area contributed by atoms with E-state index < -0.39 is 10.2 Å². The van der Waals surface area contributed by atoms with Crippen LogP contribution in [0.3, 0.4) is 0 Å². The molecule has 1 aliphatic heterocycles. The molecule has 7 heteroatoms. The first-order chi connectivity index (χ1) is 11.4. The molecule has 1 saturated heterocycles. The zero-order valence-corrected chi connectivity index (χ0v) is 14.8. The third-order valence-electron chi connectivity index (χ3n) is 5.32. The molecule has 0 saturated carbocycles. The van der Waals surface area contributed by atoms with Crippen LogP contribution in [0, 0.1) is 5.92 Å². The molecule has 1 heterocycles. The van der Waals surface area contributed by atoms with E-state index in [1.165, 1.54) is 15.4 Å². The summed E-state index contributed by atoms with van der Waals surface area (Å²) in [6, 6.07) is 8.46. The van der Waals surface area contributed by atoms with E-state index in [0.717, 1.165) is 19.3 Å². The van der Waals surface area contributed by atoms with Gasteiger partial charge in [0.1, 0.15) is 0 Å². The summed E-state index contributed by atoms with van der Waals surface area (Å²) in [6.07, 6.45) is 4.21. The topological polar surface area (TPSA) is 83.7 Å². The third kappa shape index (κ3) is 3.48. The van der Waals surface area contributed by atoms with Crippen molar-refractivity contribution in [2.24, 2.45) is 11.1 Å². The van der Waals surface area contributed by atoms with Crippen molar-refractivity contribution in [1.82, 2.24) is 9.21 Å². The Kier molecular flexibility index (Phi) is 4.94. The highest BCUT2D eigenvalue weighted by Gasteiger charge is 2.34. The van der Waals surface area contributed by atoms with Gasteiger partial charge in [0.15, 0.2) is 0 Å². The minimum absolute atomic E-state index is 0.116. The van der Waals surface area contributed by atoms with E-state index in [0.29, 0.717) is 25.9 Å². The van der Waals surface area contributed by atoms with Gasteiger partial charge in [-0.1, -0.05) is 24.3 Å². The van der Waals surface area contributed by atoms with Gasteiger partial charge in [0.25, 0.3) is 10.2 Å². The monoisotopic (exact) mass is 351 g/mol. The van der Waals surface area contributed by atoms with Crippen molar-refractivity contribution in [3.63, 3.8) is 0 Å². The molecule has 0 spiro atoms. The molecule has 3 rings (SSSR count). The lowest BCUT2D eigenvalue weighted by Crippen LogP contribution is -2.46. The first kappa shape index (κ1) is 17.4. The summed E-state index contributed by atoms with van der Waals surface area (Å²) in [5, 5.41) is 5.16. The van der Waals surface area contributed by atoms with Crippen molar-refractivity contribution < 1.29 is 13.2 Å². The van der Waals surface area contributed by atoms with Gasteiger partial charge in [0, 0.05) is 26.1 Å². The molecule has 0 bridgehead atoms. The number of fused-ring (bicyclic) bond motifs is 1. The van der Waals surface area contributed by atoms with E-state index in [9.17, 15) is 13.2 Å². The number of nitrogens with zero attached hydrogens (tertiary/aromatic N) is 2. The van der Waals surface area contributed by atoms with Crippen LogP contribution in [-0.2, 0) is 21.4 Å². The Morgan fingerprint density at radius 2 is 1.88 bits per heavy atom. The van der Waals surface area contributed by atoms with Crippen LogP contribution in [0.25, 0.3) is 0 Å². The molecule has 0 radical (unpaired) electrons. The van der Waals surface area contributed by atoms with Crippen LogP contribution >= 0.6 is 0 Å². The highest BCUT2D eigenvalue weighted by molar-refractivity contribution is 7.86.